The van der Waals surface area contributed by atoms with Gasteiger partial charge in [-0.25, -0.2) is 0 Å². The molecule has 0 aromatic rings. The first kappa shape index (κ1) is 7.14. The molecule has 0 aliphatic heterocycles. The predicted molar refractivity (Wildman–Crippen MR) is 41.9 cm³/mol. The third-order valence-corrected chi connectivity index (χ3v) is 0.680. The van der Waals surface area contributed by atoms with Crippen molar-refractivity contribution in [2.24, 2.45) is 4.99 Å². The molecule has 0 rings (SSSR count). The number of allylic oxidation sites excluding steroid dienone is 1. The Morgan fingerprint density at radius 2 is 2.29 bits per heavy atom. The van der Waals surface area contributed by atoms with Crippen LogP contribution in [0.4, 0.5) is 0 Å². The van der Waals surface area contributed by atoms with E-state index in [9.17, 15) is 0 Å². The maximum atomic E-state index is 3.97. The lowest BCUT2D eigenvalue weighted by Gasteiger charge is -1.75. The van der Waals surface area contributed by atoms with Gasteiger partial charge in [0.05, 0.1) is 3.72 Å². The molecule has 2 heteroatoms. The standard InChI is InChI=1S/C5H8IN/c1-3-4-7-5(2)6/h3-4H,1-2H3/b4-3-,7-5?. The Morgan fingerprint density at radius 3 is 2.43 bits per heavy atom. The van der Waals surface area contributed by atoms with Gasteiger partial charge in [0.25, 0.3) is 0 Å². The van der Waals surface area contributed by atoms with Gasteiger partial charge in [-0.1, -0.05) is 6.08 Å². The Labute approximate surface area is 57.7 Å². The number of hydrogen-bond acceptors (Lipinski definition) is 1. The Morgan fingerprint density at radius 1 is 1.71 bits per heavy atom. The molecule has 40 valence electrons. The summed E-state index contributed by atoms with van der Waals surface area (Å²) in [6.07, 6.45) is 3.68. The molecule has 0 heterocycles. The maximum Gasteiger partial charge on any atom is 0.0752 e. The van der Waals surface area contributed by atoms with E-state index in [0.29, 0.717) is 0 Å². The van der Waals surface area contributed by atoms with Crippen molar-refractivity contribution in [3.05, 3.63) is 12.3 Å². The molecule has 0 aromatic carbocycles. The van der Waals surface area contributed by atoms with Gasteiger partial charge in [0.1, 0.15) is 0 Å². The van der Waals surface area contributed by atoms with E-state index in [0.717, 1.165) is 3.72 Å². The van der Waals surface area contributed by atoms with Crippen molar-refractivity contribution in [1.82, 2.24) is 0 Å². The zero-order chi connectivity index (χ0) is 5.70. The Bertz CT molecular complexity index is 90.3. The lowest BCUT2D eigenvalue weighted by molar-refractivity contribution is 1.53. The van der Waals surface area contributed by atoms with Gasteiger partial charge in [-0.05, 0) is 36.4 Å². The molecular weight excluding hydrogens is 201 g/mol. The summed E-state index contributed by atoms with van der Waals surface area (Å²) < 4.78 is 1.07. The molecule has 0 fully saturated rings. The minimum atomic E-state index is 1.07. The summed E-state index contributed by atoms with van der Waals surface area (Å²) in [6.45, 7) is 3.91. The van der Waals surface area contributed by atoms with Crippen LogP contribution < -0.4 is 0 Å². The zero-order valence-electron chi connectivity index (χ0n) is 4.48. The number of aliphatic imine (C=N–C) groups is 1. The molecular formula is C5H8IN. The Balaban J connectivity index is 3.46. The van der Waals surface area contributed by atoms with E-state index in [-0.39, 0.29) is 0 Å². The normalized spacial score (nSPS) is 13.3. The summed E-state index contributed by atoms with van der Waals surface area (Å²) in [6, 6.07) is 0. The largest absolute Gasteiger partial charge is 0.255 e. The van der Waals surface area contributed by atoms with Crippen molar-refractivity contribution in [3.8, 4) is 0 Å². The van der Waals surface area contributed by atoms with Gasteiger partial charge in [-0.3, -0.25) is 4.99 Å². The molecule has 0 bridgehead atoms. The second kappa shape index (κ2) is 4.30. The van der Waals surface area contributed by atoms with Crippen molar-refractivity contribution in [3.63, 3.8) is 0 Å². The van der Waals surface area contributed by atoms with E-state index in [1.807, 2.05) is 19.9 Å². The molecule has 1 nitrogen and oxygen atoms in total. The summed E-state index contributed by atoms with van der Waals surface area (Å²) in [5, 5.41) is 0. The second-order valence-electron chi connectivity index (χ2n) is 1.11. The average Bonchev–Trinajstić information content (AvgIpc) is 1.61. The number of rotatable bonds is 1. The van der Waals surface area contributed by atoms with Gasteiger partial charge in [0.15, 0.2) is 0 Å². The lowest BCUT2D eigenvalue weighted by atomic mass is 10.7. The molecule has 7 heavy (non-hydrogen) atoms. The molecule has 0 N–H and O–H groups in total. The van der Waals surface area contributed by atoms with Crippen LogP contribution in [0.1, 0.15) is 13.8 Å². The zero-order valence-corrected chi connectivity index (χ0v) is 6.64. The molecule has 0 aliphatic rings. The van der Waals surface area contributed by atoms with E-state index in [4.69, 9.17) is 0 Å². The molecule has 0 aliphatic carbocycles. The second-order valence-corrected chi connectivity index (χ2v) is 2.67. The predicted octanol–water partition coefficient (Wildman–Crippen LogP) is 2.37. The minimum absolute atomic E-state index is 1.07. The smallest absolute Gasteiger partial charge is 0.0752 e. The summed E-state index contributed by atoms with van der Waals surface area (Å²) in [5.41, 5.74) is 0. The van der Waals surface area contributed by atoms with Crippen LogP contribution in [-0.4, -0.2) is 3.72 Å². The molecule has 0 saturated heterocycles. The molecule has 0 unspecified atom stereocenters. The summed E-state index contributed by atoms with van der Waals surface area (Å²) >= 11 is 2.16. The average molecular weight is 209 g/mol. The van der Waals surface area contributed by atoms with Gasteiger partial charge >= 0.3 is 0 Å². The molecule has 0 atom stereocenters. The summed E-state index contributed by atoms with van der Waals surface area (Å²) in [4.78, 5) is 3.97. The molecule has 0 amide bonds. The molecule has 0 aromatic heterocycles. The van der Waals surface area contributed by atoms with Gasteiger partial charge in [0, 0.05) is 6.20 Å². The highest BCUT2D eigenvalue weighted by atomic mass is 127. The number of halogens is 1. The van der Waals surface area contributed by atoms with Crippen LogP contribution in [0.25, 0.3) is 0 Å². The van der Waals surface area contributed by atoms with Crippen LogP contribution in [-0.2, 0) is 0 Å². The first-order valence-corrected chi connectivity index (χ1v) is 3.16. The van der Waals surface area contributed by atoms with Crippen molar-refractivity contribution in [2.75, 3.05) is 0 Å². The fraction of sp³-hybridized carbons (Fsp3) is 0.400. The maximum absolute atomic E-state index is 3.97. The van der Waals surface area contributed by atoms with Gasteiger partial charge in [-0.2, -0.15) is 0 Å². The fourth-order valence-corrected chi connectivity index (χ4v) is 0.338. The number of nitrogens with zero attached hydrogens (tertiary/aromatic N) is 1. The van der Waals surface area contributed by atoms with E-state index in [1.165, 1.54) is 0 Å². The van der Waals surface area contributed by atoms with E-state index >= 15 is 0 Å². The minimum Gasteiger partial charge on any atom is -0.255 e. The first-order chi connectivity index (χ1) is 3.27. The summed E-state index contributed by atoms with van der Waals surface area (Å²) in [7, 11) is 0. The molecule has 0 saturated carbocycles. The van der Waals surface area contributed by atoms with Crippen LogP contribution in [0, 0.1) is 0 Å². The third kappa shape index (κ3) is 6.14. The Hall–Kier alpha value is 0.140. The van der Waals surface area contributed by atoms with Crippen molar-refractivity contribution in [1.29, 1.82) is 0 Å². The SMILES string of the molecule is C/C=C\N=C(C)I. The highest BCUT2D eigenvalue weighted by Gasteiger charge is 1.69. The van der Waals surface area contributed by atoms with E-state index in [2.05, 4.69) is 27.6 Å². The lowest BCUT2D eigenvalue weighted by Crippen LogP contribution is -1.66. The molecule has 0 radical (unpaired) electrons. The summed E-state index contributed by atoms with van der Waals surface area (Å²) in [5.74, 6) is 0. The number of hydrogen-bond donors (Lipinski definition) is 0. The quantitative estimate of drug-likeness (QED) is 0.464. The van der Waals surface area contributed by atoms with Crippen molar-refractivity contribution < 1.29 is 0 Å². The van der Waals surface area contributed by atoms with Crippen LogP contribution in [0.2, 0.25) is 0 Å². The molecule has 0 spiro atoms. The van der Waals surface area contributed by atoms with Crippen molar-refractivity contribution in [2.45, 2.75) is 13.8 Å². The van der Waals surface area contributed by atoms with Crippen LogP contribution in [0.15, 0.2) is 17.3 Å². The van der Waals surface area contributed by atoms with Gasteiger partial charge in [0.2, 0.25) is 0 Å². The van der Waals surface area contributed by atoms with Gasteiger partial charge in [-0.15, -0.1) is 0 Å². The fourth-order valence-electron chi connectivity index (χ4n) is 0.177. The first-order valence-electron chi connectivity index (χ1n) is 2.08. The van der Waals surface area contributed by atoms with Gasteiger partial charge < -0.3 is 0 Å². The third-order valence-electron chi connectivity index (χ3n) is 0.402. The highest BCUT2D eigenvalue weighted by Crippen LogP contribution is 1.87. The highest BCUT2D eigenvalue weighted by molar-refractivity contribution is 14.1. The van der Waals surface area contributed by atoms with Crippen LogP contribution >= 0.6 is 22.6 Å². The topological polar surface area (TPSA) is 12.4 Å². The van der Waals surface area contributed by atoms with Crippen LogP contribution in [0.5, 0.6) is 0 Å². The Kier molecular flexibility index (Phi) is 4.39. The van der Waals surface area contributed by atoms with E-state index < -0.39 is 0 Å². The van der Waals surface area contributed by atoms with Crippen LogP contribution in [0.3, 0.4) is 0 Å². The van der Waals surface area contributed by atoms with E-state index in [1.54, 1.807) is 6.20 Å². The monoisotopic (exact) mass is 209 g/mol. The van der Waals surface area contributed by atoms with Crippen molar-refractivity contribution >= 4 is 26.3 Å².